The Kier molecular flexibility index (Phi) is 2.23. The van der Waals surface area contributed by atoms with Crippen molar-refractivity contribution in [3.8, 4) is 6.07 Å². The van der Waals surface area contributed by atoms with Gasteiger partial charge in [0.15, 0.2) is 0 Å². The molecule has 2 rings (SSSR count). The van der Waals surface area contributed by atoms with Crippen LogP contribution in [0.5, 0.6) is 0 Å². The molecule has 0 saturated heterocycles. The van der Waals surface area contributed by atoms with E-state index >= 15 is 0 Å². The van der Waals surface area contributed by atoms with Crippen molar-refractivity contribution in [3.05, 3.63) is 29.6 Å². The molecule has 82 valence electrons. The first-order chi connectivity index (χ1) is 7.43. The minimum absolute atomic E-state index is 0.110. The highest BCUT2D eigenvalue weighted by Gasteiger charge is 2.15. The third-order valence-electron chi connectivity index (χ3n) is 2.85. The van der Waals surface area contributed by atoms with Gasteiger partial charge in [0.25, 0.3) is 0 Å². The second kappa shape index (κ2) is 3.34. The molecule has 0 amide bonds. The van der Waals surface area contributed by atoms with Crippen LogP contribution in [0.15, 0.2) is 18.2 Å². The van der Waals surface area contributed by atoms with Crippen LogP contribution in [0.1, 0.15) is 32.2 Å². The number of imidazole rings is 1. The molecule has 0 spiro atoms. The van der Waals surface area contributed by atoms with Gasteiger partial charge in [-0.3, -0.25) is 0 Å². The summed E-state index contributed by atoms with van der Waals surface area (Å²) in [6.07, 6.45) is 0. The molecule has 0 saturated carbocycles. The molecule has 16 heavy (non-hydrogen) atoms. The zero-order chi connectivity index (χ0) is 11.9. The van der Waals surface area contributed by atoms with Crippen molar-refractivity contribution in [1.82, 2.24) is 9.55 Å². The number of nitrogens with zero attached hydrogens (tertiary/aromatic N) is 3. The van der Waals surface area contributed by atoms with Gasteiger partial charge < -0.3 is 4.57 Å². The Bertz CT molecular complexity index is 579. The Morgan fingerprint density at radius 2 is 2.00 bits per heavy atom. The Labute approximate surface area is 95.3 Å². The Morgan fingerprint density at radius 1 is 1.31 bits per heavy atom. The van der Waals surface area contributed by atoms with E-state index in [1.54, 1.807) is 0 Å². The fraction of sp³-hybridized carbons (Fsp3) is 0.385. The number of hydrogen-bond acceptors (Lipinski definition) is 2. The number of aryl methyl sites for hydroxylation is 1. The van der Waals surface area contributed by atoms with Gasteiger partial charge in [-0.25, -0.2) is 4.98 Å². The molecule has 0 unspecified atom stereocenters. The lowest BCUT2D eigenvalue weighted by molar-refractivity contribution is 0.591. The van der Waals surface area contributed by atoms with E-state index in [0.717, 1.165) is 11.0 Å². The van der Waals surface area contributed by atoms with Crippen LogP contribution in [0.2, 0.25) is 0 Å². The van der Waals surface area contributed by atoms with Crippen LogP contribution in [0.4, 0.5) is 0 Å². The summed E-state index contributed by atoms with van der Waals surface area (Å²) in [5.74, 6) is 0.459. The topological polar surface area (TPSA) is 41.6 Å². The van der Waals surface area contributed by atoms with Gasteiger partial charge >= 0.3 is 0 Å². The Balaban J connectivity index is 2.70. The van der Waals surface area contributed by atoms with Gasteiger partial charge in [0, 0.05) is 7.05 Å². The normalized spacial score (nSPS) is 11.7. The van der Waals surface area contributed by atoms with Crippen LogP contribution < -0.4 is 0 Å². The van der Waals surface area contributed by atoms with Crippen LogP contribution >= 0.6 is 0 Å². The van der Waals surface area contributed by atoms with E-state index in [1.165, 1.54) is 5.56 Å². The summed E-state index contributed by atoms with van der Waals surface area (Å²) in [4.78, 5) is 4.31. The summed E-state index contributed by atoms with van der Waals surface area (Å²) >= 11 is 0. The number of fused-ring (bicyclic) bond motifs is 1. The third-order valence-corrected chi connectivity index (χ3v) is 2.85. The monoisotopic (exact) mass is 213 g/mol. The van der Waals surface area contributed by atoms with Crippen molar-refractivity contribution in [3.63, 3.8) is 0 Å². The van der Waals surface area contributed by atoms with Gasteiger partial charge in [0.05, 0.1) is 11.0 Å². The predicted molar refractivity (Wildman–Crippen MR) is 64.1 cm³/mol. The quantitative estimate of drug-likeness (QED) is 0.675. The van der Waals surface area contributed by atoms with Crippen LogP contribution in [-0.2, 0) is 12.5 Å². The minimum atomic E-state index is 0.110. The van der Waals surface area contributed by atoms with Crippen molar-refractivity contribution < 1.29 is 0 Å². The molecule has 0 aliphatic rings. The maximum atomic E-state index is 8.92. The molecule has 3 nitrogen and oxygen atoms in total. The van der Waals surface area contributed by atoms with Gasteiger partial charge in [-0.1, -0.05) is 26.8 Å². The molecule has 0 radical (unpaired) electrons. The van der Waals surface area contributed by atoms with Crippen LogP contribution in [0.3, 0.4) is 0 Å². The number of rotatable bonds is 0. The highest BCUT2D eigenvalue weighted by molar-refractivity contribution is 5.77. The molecular formula is C13H15N3. The lowest BCUT2D eigenvalue weighted by Crippen LogP contribution is -2.10. The lowest BCUT2D eigenvalue weighted by Gasteiger charge is -2.18. The molecule has 1 heterocycles. The van der Waals surface area contributed by atoms with E-state index in [4.69, 9.17) is 5.26 Å². The molecule has 1 aromatic heterocycles. The second-order valence-corrected chi connectivity index (χ2v) is 5.06. The zero-order valence-electron chi connectivity index (χ0n) is 10.1. The van der Waals surface area contributed by atoms with E-state index in [2.05, 4.69) is 44.0 Å². The third kappa shape index (κ3) is 1.57. The first-order valence-electron chi connectivity index (χ1n) is 5.30. The summed E-state index contributed by atoms with van der Waals surface area (Å²) < 4.78 is 1.82. The van der Waals surface area contributed by atoms with E-state index < -0.39 is 0 Å². The summed E-state index contributed by atoms with van der Waals surface area (Å²) in [6, 6.07) is 8.29. The number of aromatic nitrogens is 2. The van der Waals surface area contributed by atoms with E-state index in [9.17, 15) is 0 Å². The summed E-state index contributed by atoms with van der Waals surface area (Å²) in [5, 5.41) is 8.92. The number of nitriles is 1. The fourth-order valence-electron chi connectivity index (χ4n) is 1.77. The van der Waals surface area contributed by atoms with Gasteiger partial charge in [0.2, 0.25) is 5.82 Å². The Morgan fingerprint density at radius 3 is 2.56 bits per heavy atom. The molecule has 0 aliphatic carbocycles. The molecule has 0 bridgehead atoms. The Hall–Kier alpha value is -1.82. The zero-order valence-corrected chi connectivity index (χ0v) is 10.1. The highest BCUT2D eigenvalue weighted by atomic mass is 15.1. The second-order valence-electron chi connectivity index (χ2n) is 5.06. The van der Waals surface area contributed by atoms with Crippen molar-refractivity contribution in [2.75, 3.05) is 0 Å². The standard InChI is InChI=1S/C13H15N3/c1-13(2,3)9-5-6-11-10(7-9)15-12(8-14)16(11)4/h5-7H,1-4H3. The molecule has 0 aliphatic heterocycles. The molecule has 3 heteroatoms. The van der Waals surface area contributed by atoms with E-state index in [0.29, 0.717) is 5.82 Å². The molecule has 2 aromatic rings. The number of hydrogen-bond donors (Lipinski definition) is 0. The van der Waals surface area contributed by atoms with Crippen LogP contribution in [0.25, 0.3) is 11.0 Å². The largest absolute Gasteiger partial charge is 0.319 e. The molecule has 0 N–H and O–H groups in total. The fourth-order valence-corrected chi connectivity index (χ4v) is 1.77. The van der Waals surface area contributed by atoms with Gasteiger partial charge in [-0.2, -0.15) is 5.26 Å². The van der Waals surface area contributed by atoms with E-state index in [1.807, 2.05) is 17.7 Å². The first-order valence-corrected chi connectivity index (χ1v) is 5.30. The molecular weight excluding hydrogens is 198 g/mol. The van der Waals surface area contributed by atoms with Crippen molar-refractivity contribution in [1.29, 1.82) is 5.26 Å². The highest BCUT2D eigenvalue weighted by Crippen LogP contribution is 2.25. The minimum Gasteiger partial charge on any atom is -0.319 e. The average molecular weight is 213 g/mol. The van der Waals surface area contributed by atoms with Gasteiger partial charge in [0.1, 0.15) is 6.07 Å². The van der Waals surface area contributed by atoms with Crippen molar-refractivity contribution in [2.24, 2.45) is 7.05 Å². The van der Waals surface area contributed by atoms with Crippen LogP contribution in [0, 0.1) is 11.3 Å². The molecule has 0 fully saturated rings. The molecule has 1 aromatic carbocycles. The van der Waals surface area contributed by atoms with Crippen molar-refractivity contribution in [2.45, 2.75) is 26.2 Å². The van der Waals surface area contributed by atoms with Gasteiger partial charge in [-0.15, -0.1) is 0 Å². The van der Waals surface area contributed by atoms with E-state index in [-0.39, 0.29) is 5.41 Å². The predicted octanol–water partition coefficient (Wildman–Crippen LogP) is 2.74. The SMILES string of the molecule is Cn1c(C#N)nc2cc(C(C)(C)C)ccc21. The van der Waals surface area contributed by atoms with Crippen LogP contribution in [-0.4, -0.2) is 9.55 Å². The first kappa shape index (κ1) is 10.7. The molecule has 0 atom stereocenters. The maximum absolute atomic E-state index is 8.92. The summed E-state index contributed by atoms with van der Waals surface area (Å²) in [6.45, 7) is 6.51. The number of benzene rings is 1. The average Bonchev–Trinajstić information content (AvgIpc) is 2.54. The smallest absolute Gasteiger partial charge is 0.213 e. The maximum Gasteiger partial charge on any atom is 0.213 e. The van der Waals surface area contributed by atoms with Gasteiger partial charge in [-0.05, 0) is 23.1 Å². The lowest BCUT2D eigenvalue weighted by atomic mass is 9.87. The van der Waals surface area contributed by atoms with Crippen molar-refractivity contribution >= 4 is 11.0 Å². The summed E-state index contributed by atoms with van der Waals surface area (Å²) in [7, 11) is 1.87. The summed E-state index contributed by atoms with van der Waals surface area (Å²) in [5.41, 5.74) is 3.25.